The molecule has 1 fully saturated rings. The lowest BCUT2D eigenvalue weighted by atomic mass is 10.2. The average molecular weight is 401 g/mol. The number of carbonyl (C=O) groups excluding carboxylic acids is 1. The fourth-order valence-corrected chi connectivity index (χ4v) is 4.76. The summed E-state index contributed by atoms with van der Waals surface area (Å²) in [6.07, 6.45) is 0.470. The maximum absolute atomic E-state index is 13.9. The standard InChI is InChI=1S/C20H20FN3O3S/c21-19-8-2-1-7-18(19)20(25)23-9-4-10-24(12-11-23)28(26,27)15-17-6-3-5-16(13-17)14-22/h1-3,5-8,13H,4,9-12,15H2. The molecule has 1 aliphatic heterocycles. The highest BCUT2D eigenvalue weighted by atomic mass is 32.2. The minimum Gasteiger partial charge on any atom is -0.337 e. The smallest absolute Gasteiger partial charge is 0.256 e. The molecule has 1 aliphatic rings. The van der Waals surface area contributed by atoms with Crippen molar-refractivity contribution < 1.29 is 17.6 Å². The normalized spacial score (nSPS) is 15.6. The molecule has 0 aromatic heterocycles. The largest absolute Gasteiger partial charge is 0.337 e. The van der Waals surface area contributed by atoms with E-state index >= 15 is 0 Å². The molecule has 1 saturated heterocycles. The lowest BCUT2D eigenvalue weighted by molar-refractivity contribution is 0.0759. The van der Waals surface area contributed by atoms with Crippen molar-refractivity contribution in [2.45, 2.75) is 12.2 Å². The van der Waals surface area contributed by atoms with Crippen molar-refractivity contribution in [1.29, 1.82) is 5.26 Å². The van der Waals surface area contributed by atoms with E-state index < -0.39 is 21.7 Å². The Balaban J connectivity index is 1.69. The number of amides is 1. The zero-order chi connectivity index (χ0) is 20.1. The minimum absolute atomic E-state index is 0.00729. The van der Waals surface area contributed by atoms with E-state index in [2.05, 4.69) is 0 Å². The van der Waals surface area contributed by atoms with E-state index in [0.29, 0.717) is 30.6 Å². The lowest BCUT2D eigenvalue weighted by Gasteiger charge is -2.22. The summed E-state index contributed by atoms with van der Waals surface area (Å²) in [5.74, 6) is -1.22. The Bertz CT molecular complexity index is 1020. The van der Waals surface area contributed by atoms with Gasteiger partial charge in [0, 0.05) is 26.2 Å². The first-order valence-corrected chi connectivity index (χ1v) is 10.5. The monoisotopic (exact) mass is 401 g/mol. The Morgan fingerprint density at radius 2 is 1.86 bits per heavy atom. The molecule has 28 heavy (non-hydrogen) atoms. The SMILES string of the molecule is N#Cc1cccc(CS(=O)(=O)N2CCCN(C(=O)c3ccccc3F)CC2)c1. The third-order valence-corrected chi connectivity index (χ3v) is 6.49. The van der Waals surface area contributed by atoms with Gasteiger partial charge < -0.3 is 4.90 Å². The van der Waals surface area contributed by atoms with Crippen molar-refractivity contribution in [1.82, 2.24) is 9.21 Å². The van der Waals surface area contributed by atoms with Gasteiger partial charge in [-0.2, -0.15) is 9.57 Å². The van der Waals surface area contributed by atoms with Crippen LogP contribution in [-0.4, -0.2) is 49.7 Å². The van der Waals surface area contributed by atoms with E-state index in [0.717, 1.165) is 0 Å². The highest BCUT2D eigenvalue weighted by molar-refractivity contribution is 7.88. The van der Waals surface area contributed by atoms with Gasteiger partial charge in [0.15, 0.2) is 0 Å². The van der Waals surface area contributed by atoms with Gasteiger partial charge in [-0.1, -0.05) is 24.3 Å². The quantitative estimate of drug-likeness (QED) is 0.788. The van der Waals surface area contributed by atoms with E-state index in [9.17, 15) is 17.6 Å². The Morgan fingerprint density at radius 1 is 1.07 bits per heavy atom. The first-order valence-electron chi connectivity index (χ1n) is 8.91. The molecule has 1 amide bonds. The molecule has 3 rings (SSSR count). The van der Waals surface area contributed by atoms with Crippen LogP contribution in [0.2, 0.25) is 0 Å². The van der Waals surface area contributed by atoms with Crippen LogP contribution in [0.25, 0.3) is 0 Å². The molecule has 8 heteroatoms. The number of carbonyl (C=O) groups is 1. The molecule has 0 bridgehead atoms. The second-order valence-electron chi connectivity index (χ2n) is 6.59. The maximum Gasteiger partial charge on any atom is 0.256 e. The van der Waals surface area contributed by atoms with Crippen molar-refractivity contribution in [3.05, 3.63) is 71.0 Å². The summed E-state index contributed by atoms with van der Waals surface area (Å²) in [6.45, 7) is 1.01. The Morgan fingerprint density at radius 3 is 2.61 bits per heavy atom. The molecular formula is C20H20FN3O3S. The maximum atomic E-state index is 13.9. The summed E-state index contributed by atoms with van der Waals surface area (Å²) in [4.78, 5) is 14.1. The van der Waals surface area contributed by atoms with E-state index in [1.807, 2.05) is 6.07 Å². The van der Waals surface area contributed by atoms with Crippen LogP contribution in [0.4, 0.5) is 4.39 Å². The van der Waals surface area contributed by atoms with E-state index in [-0.39, 0.29) is 24.4 Å². The summed E-state index contributed by atoms with van der Waals surface area (Å²) in [6, 6.07) is 14.3. The Kier molecular flexibility index (Phi) is 6.07. The van der Waals surface area contributed by atoms with Crippen LogP contribution in [0.3, 0.4) is 0 Å². The fourth-order valence-electron chi connectivity index (χ4n) is 3.21. The van der Waals surface area contributed by atoms with Gasteiger partial charge in [-0.25, -0.2) is 12.8 Å². The number of hydrogen-bond donors (Lipinski definition) is 0. The van der Waals surface area contributed by atoms with Crippen LogP contribution in [-0.2, 0) is 15.8 Å². The van der Waals surface area contributed by atoms with Gasteiger partial charge in [-0.15, -0.1) is 0 Å². The third-order valence-electron chi connectivity index (χ3n) is 4.64. The molecule has 0 aliphatic carbocycles. The molecule has 0 spiro atoms. The highest BCUT2D eigenvalue weighted by Crippen LogP contribution is 2.17. The van der Waals surface area contributed by atoms with Gasteiger partial charge in [0.25, 0.3) is 5.91 Å². The van der Waals surface area contributed by atoms with Crippen molar-refractivity contribution in [3.63, 3.8) is 0 Å². The molecule has 1 heterocycles. The molecule has 146 valence electrons. The van der Waals surface area contributed by atoms with Crippen LogP contribution < -0.4 is 0 Å². The molecule has 2 aromatic carbocycles. The van der Waals surface area contributed by atoms with E-state index in [1.165, 1.54) is 27.4 Å². The van der Waals surface area contributed by atoms with Gasteiger partial charge in [0.2, 0.25) is 10.0 Å². The zero-order valence-electron chi connectivity index (χ0n) is 15.2. The van der Waals surface area contributed by atoms with Gasteiger partial charge in [0.05, 0.1) is 22.9 Å². The molecule has 0 radical (unpaired) electrons. The molecule has 6 nitrogen and oxygen atoms in total. The lowest BCUT2D eigenvalue weighted by Crippen LogP contribution is -2.38. The van der Waals surface area contributed by atoms with Crippen LogP contribution in [0, 0.1) is 17.1 Å². The molecular weight excluding hydrogens is 381 g/mol. The summed E-state index contributed by atoms with van der Waals surface area (Å²) >= 11 is 0. The molecule has 0 unspecified atom stereocenters. The molecule has 0 N–H and O–H groups in total. The number of benzene rings is 2. The predicted octanol–water partition coefficient (Wildman–Crippen LogP) is 2.38. The number of rotatable bonds is 4. The summed E-state index contributed by atoms with van der Waals surface area (Å²) in [5.41, 5.74) is 0.944. The molecule has 0 saturated carbocycles. The first-order chi connectivity index (χ1) is 13.4. The van der Waals surface area contributed by atoms with Crippen molar-refractivity contribution in [3.8, 4) is 6.07 Å². The zero-order valence-corrected chi connectivity index (χ0v) is 16.0. The van der Waals surface area contributed by atoms with Crippen LogP contribution >= 0.6 is 0 Å². The van der Waals surface area contributed by atoms with Gasteiger partial charge in [-0.3, -0.25) is 4.79 Å². The fraction of sp³-hybridized carbons (Fsp3) is 0.300. The van der Waals surface area contributed by atoms with Gasteiger partial charge >= 0.3 is 0 Å². The van der Waals surface area contributed by atoms with E-state index in [1.54, 1.807) is 30.3 Å². The Labute approximate surface area is 163 Å². The first kappa shape index (κ1) is 20.0. The number of sulfonamides is 1. The summed E-state index contributed by atoms with van der Waals surface area (Å²) < 4.78 is 40.8. The van der Waals surface area contributed by atoms with Crippen LogP contribution in [0.5, 0.6) is 0 Å². The van der Waals surface area contributed by atoms with Crippen LogP contribution in [0.1, 0.15) is 27.9 Å². The van der Waals surface area contributed by atoms with E-state index in [4.69, 9.17) is 5.26 Å². The van der Waals surface area contributed by atoms with Crippen molar-refractivity contribution >= 4 is 15.9 Å². The average Bonchev–Trinajstić information content (AvgIpc) is 2.94. The van der Waals surface area contributed by atoms with Gasteiger partial charge in [0.1, 0.15) is 5.82 Å². The van der Waals surface area contributed by atoms with Crippen molar-refractivity contribution in [2.24, 2.45) is 0 Å². The number of nitrogens with zero attached hydrogens (tertiary/aromatic N) is 3. The summed E-state index contributed by atoms with van der Waals surface area (Å²) in [7, 11) is -3.59. The topological polar surface area (TPSA) is 81.5 Å². The van der Waals surface area contributed by atoms with Crippen LogP contribution in [0.15, 0.2) is 48.5 Å². The summed E-state index contributed by atoms with van der Waals surface area (Å²) in [5, 5.41) is 8.97. The minimum atomic E-state index is -3.59. The van der Waals surface area contributed by atoms with Crippen molar-refractivity contribution in [2.75, 3.05) is 26.2 Å². The molecule has 2 aromatic rings. The third kappa shape index (κ3) is 4.55. The number of hydrogen-bond acceptors (Lipinski definition) is 4. The Hall–Kier alpha value is -2.76. The van der Waals surface area contributed by atoms with Gasteiger partial charge in [-0.05, 0) is 36.2 Å². The predicted molar refractivity (Wildman–Crippen MR) is 102 cm³/mol. The second kappa shape index (κ2) is 8.50. The second-order valence-corrected chi connectivity index (χ2v) is 8.56. The number of nitriles is 1. The highest BCUT2D eigenvalue weighted by Gasteiger charge is 2.28. The number of halogens is 1. The molecule has 0 atom stereocenters.